The third-order valence-electron chi connectivity index (χ3n) is 5.28. The maximum Gasteiger partial charge on any atom is 0.237 e. The Morgan fingerprint density at radius 1 is 1.23 bits per heavy atom. The Balaban J connectivity index is 1.53. The average molecular weight is 426 g/mol. The van der Waals surface area contributed by atoms with Crippen LogP contribution < -0.4 is 4.90 Å². The second-order valence-corrected chi connectivity index (χ2v) is 8.25. The molecule has 156 valence electrons. The Morgan fingerprint density at radius 2 is 2.00 bits per heavy atom. The predicted octanol–water partition coefficient (Wildman–Crippen LogP) is 4.41. The van der Waals surface area contributed by atoms with Gasteiger partial charge in [0.05, 0.1) is 24.3 Å². The van der Waals surface area contributed by atoms with E-state index in [1.807, 2.05) is 27.7 Å². The first-order valence-electron chi connectivity index (χ1n) is 9.91. The molecule has 4 rings (SSSR count). The molecule has 30 heavy (non-hydrogen) atoms. The normalized spacial score (nSPS) is 15.4. The SMILES string of the molecule is COCCn1c(-c2ccc(F)cc2)cnc1SCC(=O)N1c2ccccc2C[C@@H]1C. The number of benzene rings is 2. The molecule has 2 aromatic carbocycles. The van der Waals surface area contributed by atoms with E-state index in [-0.39, 0.29) is 17.8 Å². The molecule has 0 unspecified atom stereocenters. The highest BCUT2D eigenvalue weighted by Gasteiger charge is 2.30. The highest BCUT2D eigenvalue weighted by Crippen LogP contribution is 2.33. The summed E-state index contributed by atoms with van der Waals surface area (Å²) in [5, 5.41) is 0.750. The lowest BCUT2D eigenvalue weighted by Gasteiger charge is -2.22. The molecule has 0 fully saturated rings. The number of imidazole rings is 1. The number of fused-ring (bicyclic) bond motifs is 1. The van der Waals surface area contributed by atoms with Crippen LogP contribution >= 0.6 is 11.8 Å². The topological polar surface area (TPSA) is 47.4 Å². The van der Waals surface area contributed by atoms with Crippen molar-refractivity contribution < 1.29 is 13.9 Å². The number of hydrogen-bond donors (Lipinski definition) is 0. The summed E-state index contributed by atoms with van der Waals surface area (Å²) in [6, 6.07) is 14.6. The molecular formula is C23H24FN3O2S. The zero-order valence-electron chi connectivity index (χ0n) is 17.0. The fraction of sp³-hybridized carbons (Fsp3) is 0.304. The molecule has 0 spiro atoms. The molecular weight excluding hydrogens is 401 g/mol. The van der Waals surface area contributed by atoms with E-state index in [0.29, 0.717) is 18.9 Å². The number of anilines is 1. The highest BCUT2D eigenvalue weighted by atomic mass is 32.2. The first-order valence-corrected chi connectivity index (χ1v) is 10.9. The van der Waals surface area contributed by atoms with Gasteiger partial charge in [-0.05, 0) is 54.8 Å². The van der Waals surface area contributed by atoms with Gasteiger partial charge in [-0.15, -0.1) is 0 Å². The Morgan fingerprint density at radius 3 is 2.77 bits per heavy atom. The molecule has 1 aromatic heterocycles. The maximum atomic E-state index is 13.3. The lowest BCUT2D eigenvalue weighted by atomic mass is 10.1. The number of methoxy groups -OCH3 is 1. The second kappa shape index (κ2) is 9.02. The Labute approximate surface area is 179 Å². The smallest absolute Gasteiger partial charge is 0.237 e. The largest absolute Gasteiger partial charge is 0.383 e. The van der Waals surface area contributed by atoms with Crippen molar-refractivity contribution in [2.75, 3.05) is 24.4 Å². The average Bonchev–Trinajstić information content (AvgIpc) is 3.30. The van der Waals surface area contributed by atoms with Gasteiger partial charge in [0.1, 0.15) is 5.82 Å². The van der Waals surface area contributed by atoms with Crippen LogP contribution in [0.5, 0.6) is 0 Å². The van der Waals surface area contributed by atoms with Crippen molar-refractivity contribution in [2.24, 2.45) is 0 Å². The minimum Gasteiger partial charge on any atom is -0.383 e. The van der Waals surface area contributed by atoms with E-state index in [4.69, 9.17) is 4.74 Å². The van der Waals surface area contributed by atoms with Crippen molar-refractivity contribution in [3.63, 3.8) is 0 Å². The zero-order chi connectivity index (χ0) is 21.1. The number of para-hydroxylation sites is 1. The minimum absolute atomic E-state index is 0.0714. The van der Waals surface area contributed by atoms with Crippen molar-refractivity contribution >= 4 is 23.4 Å². The third kappa shape index (κ3) is 4.13. The fourth-order valence-electron chi connectivity index (χ4n) is 3.87. The van der Waals surface area contributed by atoms with Gasteiger partial charge in [-0.25, -0.2) is 9.37 Å². The van der Waals surface area contributed by atoms with E-state index < -0.39 is 0 Å². The number of halogens is 1. The van der Waals surface area contributed by atoms with Gasteiger partial charge in [0.25, 0.3) is 0 Å². The number of ether oxygens (including phenoxy) is 1. The number of carbonyl (C=O) groups is 1. The third-order valence-corrected chi connectivity index (χ3v) is 6.25. The van der Waals surface area contributed by atoms with Crippen LogP contribution in [-0.4, -0.2) is 41.0 Å². The van der Waals surface area contributed by atoms with Crippen molar-refractivity contribution in [1.82, 2.24) is 9.55 Å². The van der Waals surface area contributed by atoms with Crippen LogP contribution in [0.3, 0.4) is 0 Å². The van der Waals surface area contributed by atoms with Crippen LogP contribution in [0.25, 0.3) is 11.3 Å². The van der Waals surface area contributed by atoms with Gasteiger partial charge in [-0.2, -0.15) is 0 Å². The predicted molar refractivity (Wildman–Crippen MR) is 117 cm³/mol. The molecule has 1 aliphatic heterocycles. The van der Waals surface area contributed by atoms with Crippen LogP contribution in [0.2, 0.25) is 0 Å². The van der Waals surface area contributed by atoms with Gasteiger partial charge in [-0.3, -0.25) is 4.79 Å². The fourth-order valence-corrected chi connectivity index (χ4v) is 4.73. The monoisotopic (exact) mass is 425 g/mol. The maximum absolute atomic E-state index is 13.3. The molecule has 0 saturated heterocycles. The summed E-state index contributed by atoms with van der Waals surface area (Å²) < 4.78 is 20.6. The van der Waals surface area contributed by atoms with E-state index >= 15 is 0 Å². The summed E-state index contributed by atoms with van der Waals surface area (Å²) in [4.78, 5) is 19.5. The quantitative estimate of drug-likeness (QED) is 0.526. The number of nitrogens with zero attached hydrogens (tertiary/aromatic N) is 3. The number of hydrogen-bond acceptors (Lipinski definition) is 4. The molecule has 0 radical (unpaired) electrons. The molecule has 7 heteroatoms. The standard InChI is InChI=1S/C23H24FN3O2S/c1-16-13-18-5-3-4-6-20(18)27(16)22(28)15-30-23-25-14-21(26(23)11-12-29-2)17-7-9-19(24)10-8-17/h3-10,14,16H,11-13,15H2,1-2H3/t16-/m0/s1. The van der Waals surface area contributed by atoms with Crippen LogP contribution in [0.4, 0.5) is 10.1 Å². The van der Waals surface area contributed by atoms with E-state index in [0.717, 1.165) is 28.5 Å². The highest BCUT2D eigenvalue weighted by molar-refractivity contribution is 7.99. The molecule has 3 aromatic rings. The van der Waals surface area contributed by atoms with E-state index in [2.05, 4.69) is 18.0 Å². The zero-order valence-corrected chi connectivity index (χ0v) is 17.9. The number of amides is 1. The molecule has 1 amide bonds. The molecule has 1 atom stereocenters. The van der Waals surface area contributed by atoms with Crippen LogP contribution in [0, 0.1) is 5.82 Å². The second-order valence-electron chi connectivity index (χ2n) is 7.31. The molecule has 0 N–H and O–H groups in total. The molecule has 0 saturated carbocycles. The summed E-state index contributed by atoms with van der Waals surface area (Å²) >= 11 is 1.42. The van der Waals surface area contributed by atoms with E-state index in [1.165, 1.54) is 29.5 Å². The Bertz CT molecular complexity index is 1040. The number of thioether (sulfide) groups is 1. The molecule has 2 heterocycles. The van der Waals surface area contributed by atoms with Crippen molar-refractivity contribution in [3.8, 4) is 11.3 Å². The number of carbonyl (C=O) groups excluding carboxylic acids is 1. The lowest BCUT2D eigenvalue weighted by molar-refractivity contribution is -0.116. The number of rotatable bonds is 7. The Kier molecular flexibility index (Phi) is 6.20. The summed E-state index contributed by atoms with van der Waals surface area (Å²) in [6.07, 6.45) is 2.65. The summed E-state index contributed by atoms with van der Waals surface area (Å²) in [5.41, 5.74) is 3.97. The van der Waals surface area contributed by atoms with E-state index in [9.17, 15) is 9.18 Å². The molecule has 0 aliphatic carbocycles. The van der Waals surface area contributed by atoms with Gasteiger partial charge in [-0.1, -0.05) is 30.0 Å². The Hall–Kier alpha value is -2.64. The van der Waals surface area contributed by atoms with E-state index in [1.54, 1.807) is 25.4 Å². The van der Waals surface area contributed by atoms with Crippen molar-refractivity contribution in [1.29, 1.82) is 0 Å². The van der Waals surface area contributed by atoms with Gasteiger partial charge in [0, 0.05) is 25.4 Å². The van der Waals surface area contributed by atoms with Crippen LogP contribution in [-0.2, 0) is 22.5 Å². The molecule has 0 bridgehead atoms. The van der Waals surface area contributed by atoms with Crippen LogP contribution in [0.1, 0.15) is 12.5 Å². The van der Waals surface area contributed by atoms with Crippen molar-refractivity contribution in [3.05, 3.63) is 66.1 Å². The molecule has 5 nitrogen and oxygen atoms in total. The number of aromatic nitrogens is 2. The summed E-state index contributed by atoms with van der Waals surface area (Å²) in [6.45, 7) is 3.19. The van der Waals surface area contributed by atoms with Crippen LogP contribution in [0.15, 0.2) is 59.9 Å². The van der Waals surface area contributed by atoms with Crippen molar-refractivity contribution in [2.45, 2.75) is 31.1 Å². The lowest BCUT2D eigenvalue weighted by Crippen LogP contribution is -2.37. The van der Waals surface area contributed by atoms with Gasteiger partial charge in [0.15, 0.2) is 5.16 Å². The minimum atomic E-state index is -0.276. The summed E-state index contributed by atoms with van der Waals surface area (Å²) in [5.74, 6) is 0.0925. The van der Waals surface area contributed by atoms with Gasteiger partial charge < -0.3 is 14.2 Å². The molecule has 1 aliphatic rings. The first-order chi connectivity index (χ1) is 14.6. The first kappa shape index (κ1) is 20.6. The van der Waals surface area contributed by atoms with Gasteiger partial charge in [0.2, 0.25) is 5.91 Å². The summed E-state index contributed by atoms with van der Waals surface area (Å²) in [7, 11) is 1.65. The van der Waals surface area contributed by atoms with Gasteiger partial charge >= 0.3 is 0 Å².